The van der Waals surface area contributed by atoms with Gasteiger partial charge in [0, 0.05) is 5.92 Å². The van der Waals surface area contributed by atoms with E-state index in [1.54, 1.807) is 0 Å². The molecule has 2 heteroatoms. The summed E-state index contributed by atoms with van der Waals surface area (Å²) in [6.07, 6.45) is 3.36. The Morgan fingerprint density at radius 3 is 2.71 bits per heavy atom. The standard InChI is InChI=1S/C12H13NO/c14-13-12-7-8-5-6-11(12)10-4-2-1-3-9(8)10/h1-4,8,11,14H,5-7H2/b13-12-. The van der Waals surface area contributed by atoms with Crippen molar-refractivity contribution >= 4 is 5.71 Å². The summed E-state index contributed by atoms with van der Waals surface area (Å²) in [6.45, 7) is 0. The lowest BCUT2D eigenvalue weighted by molar-refractivity contribution is 0.309. The average molecular weight is 187 g/mol. The van der Waals surface area contributed by atoms with Gasteiger partial charge in [0.05, 0.1) is 5.71 Å². The van der Waals surface area contributed by atoms with Crippen LogP contribution in [0, 0.1) is 0 Å². The molecule has 72 valence electrons. The first-order valence-corrected chi connectivity index (χ1v) is 5.20. The number of hydrogen-bond donors (Lipinski definition) is 1. The second-order valence-electron chi connectivity index (χ2n) is 4.25. The van der Waals surface area contributed by atoms with Crippen molar-refractivity contribution in [3.63, 3.8) is 0 Å². The van der Waals surface area contributed by atoms with Crippen molar-refractivity contribution < 1.29 is 5.21 Å². The zero-order valence-corrected chi connectivity index (χ0v) is 7.98. The van der Waals surface area contributed by atoms with E-state index in [9.17, 15) is 0 Å². The molecule has 0 saturated heterocycles. The minimum atomic E-state index is 0.390. The van der Waals surface area contributed by atoms with E-state index in [4.69, 9.17) is 5.21 Å². The first kappa shape index (κ1) is 8.04. The Balaban J connectivity index is 2.17. The lowest BCUT2D eigenvalue weighted by Crippen LogP contribution is -2.29. The maximum absolute atomic E-state index is 8.93. The second-order valence-corrected chi connectivity index (χ2v) is 4.25. The van der Waals surface area contributed by atoms with Crippen LogP contribution in [0.3, 0.4) is 0 Å². The van der Waals surface area contributed by atoms with Crippen LogP contribution >= 0.6 is 0 Å². The molecule has 4 rings (SSSR count). The summed E-state index contributed by atoms with van der Waals surface area (Å²) in [5.74, 6) is 0.989. The lowest BCUT2D eigenvalue weighted by Gasteiger charge is -2.38. The van der Waals surface area contributed by atoms with Crippen molar-refractivity contribution in [1.82, 2.24) is 0 Å². The third-order valence-corrected chi connectivity index (χ3v) is 3.60. The molecule has 0 amide bonds. The van der Waals surface area contributed by atoms with Crippen LogP contribution in [-0.4, -0.2) is 10.9 Å². The van der Waals surface area contributed by atoms with E-state index in [1.165, 1.54) is 17.5 Å². The summed E-state index contributed by atoms with van der Waals surface area (Å²) in [5.41, 5.74) is 3.86. The van der Waals surface area contributed by atoms with E-state index in [0.717, 1.165) is 18.6 Å². The number of benzene rings is 1. The molecule has 2 nitrogen and oxygen atoms in total. The molecular formula is C12H13NO. The van der Waals surface area contributed by atoms with Crippen LogP contribution in [0.1, 0.15) is 42.2 Å². The van der Waals surface area contributed by atoms with E-state index in [1.807, 2.05) is 0 Å². The molecule has 2 atom stereocenters. The van der Waals surface area contributed by atoms with Gasteiger partial charge in [-0.3, -0.25) is 0 Å². The summed E-state index contributed by atoms with van der Waals surface area (Å²) < 4.78 is 0. The molecule has 1 N–H and O–H groups in total. The topological polar surface area (TPSA) is 32.6 Å². The number of oxime groups is 1. The third-order valence-electron chi connectivity index (χ3n) is 3.60. The predicted octanol–water partition coefficient (Wildman–Crippen LogP) is 2.88. The minimum absolute atomic E-state index is 0.390. The van der Waals surface area contributed by atoms with E-state index in [0.29, 0.717) is 11.8 Å². The Labute approximate surface area is 83.3 Å². The van der Waals surface area contributed by atoms with Crippen molar-refractivity contribution in [3.05, 3.63) is 35.4 Å². The van der Waals surface area contributed by atoms with E-state index >= 15 is 0 Å². The maximum Gasteiger partial charge on any atom is 0.0651 e. The van der Waals surface area contributed by atoms with Gasteiger partial charge in [0.2, 0.25) is 0 Å². The van der Waals surface area contributed by atoms with Gasteiger partial charge in [0.15, 0.2) is 0 Å². The van der Waals surface area contributed by atoms with Gasteiger partial charge in [-0.15, -0.1) is 0 Å². The third kappa shape index (κ3) is 0.939. The van der Waals surface area contributed by atoms with Crippen LogP contribution in [-0.2, 0) is 0 Å². The zero-order valence-electron chi connectivity index (χ0n) is 7.98. The first-order chi connectivity index (χ1) is 6.90. The molecule has 0 heterocycles. The van der Waals surface area contributed by atoms with Crippen LogP contribution in [0.4, 0.5) is 0 Å². The Morgan fingerprint density at radius 2 is 1.93 bits per heavy atom. The van der Waals surface area contributed by atoms with E-state index in [2.05, 4.69) is 29.4 Å². The largest absolute Gasteiger partial charge is 0.411 e. The van der Waals surface area contributed by atoms with Gasteiger partial charge in [-0.05, 0) is 36.3 Å². The molecule has 0 aromatic heterocycles. The Morgan fingerprint density at radius 1 is 1.14 bits per heavy atom. The molecule has 1 saturated carbocycles. The molecule has 1 fully saturated rings. The van der Waals surface area contributed by atoms with Crippen molar-refractivity contribution in [2.75, 3.05) is 0 Å². The number of fused-ring (bicyclic) bond motifs is 2. The fraction of sp³-hybridized carbons (Fsp3) is 0.417. The molecule has 3 aliphatic carbocycles. The van der Waals surface area contributed by atoms with Gasteiger partial charge in [-0.1, -0.05) is 29.4 Å². The number of rotatable bonds is 0. The van der Waals surface area contributed by atoms with Crippen LogP contribution in [0.15, 0.2) is 29.4 Å². The average Bonchev–Trinajstić information content (AvgIpc) is 2.30. The zero-order chi connectivity index (χ0) is 9.54. The number of nitrogens with zero attached hydrogens (tertiary/aromatic N) is 1. The molecule has 2 unspecified atom stereocenters. The summed E-state index contributed by atoms with van der Waals surface area (Å²) in [6, 6.07) is 8.58. The van der Waals surface area contributed by atoms with Gasteiger partial charge in [0.25, 0.3) is 0 Å². The molecule has 0 spiro atoms. The van der Waals surface area contributed by atoms with Gasteiger partial charge >= 0.3 is 0 Å². The van der Waals surface area contributed by atoms with E-state index < -0.39 is 0 Å². The van der Waals surface area contributed by atoms with Gasteiger partial charge in [-0.2, -0.15) is 0 Å². The first-order valence-electron chi connectivity index (χ1n) is 5.20. The molecule has 1 aromatic carbocycles. The van der Waals surface area contributed by atoms with Crippen molar-refractivity contribution in [2.45, 2.75) is 31.1 Å². The van der Waals surface area contributed by atoms with Crippen LogP contribution in [0.2, 0.25) is 0 Å². The normalized spacial score (nSPS) is 31.9. The quantitative estimate of drug-likeness (QED) is 0.491. The molecule has 0 aliphatic heterocycles. The van der Waals surface area contributed by atoms with Crippen molar-refractivity contribution in [3.8, 4) is 0 Å². The molecule has 3 aliphatic rings. The molecule has 1 aromatic rings. The Bertz CT molecular complexity index is 397. The van der Waals surface area contributed by atoms with Gasteiger partial charge < -0.3 is 5.21 Å². The predicted molar refractivity (Wildman–Crippen MR) is 55.0 cm³/mol. The van der Waals surface area contributed by atoms with E-state index in [-0.39, 0.29) is 0 Å². The molecule has 14 heavy (non-hydrogen) atoms. The van der Waals surface area contributed by atoms with Crippen molar-refractivity contribution in [1.29, 1.82) is 0 Å². The van der Waals surface area contributed by atoms with Crippen LogP contribution in [0.25, 0.3) is 0 Å². The highest BCUT2D eigenvalue weighted by molar-refractivity contribution is 5.94. The van der Waals surface area contributed by atoms with Gasteiger partial charge in [0.1, 0.15) is 0 Å². The molecule has 2 bridgehead atoms. The van der Waals surface area contributed by atoms with Crippen molar-refractivity contribution in [2.24, 2.45) is 5.16 Å². The second kappa shape index (κ2) is 2.84. The summed E-state index contributed by atoms with van der Waals surface area (Å²) in [5, 5.41) is 12.4. The van der Waals surface area contributed by atoms with Gasteiger partial charge in [-0.25, -0.2) is 0 Å². The maximum atomic E-state index is 8.93. The Kier molecular flexibility index (Phi) is 1.63. The SMILES string of the molecule is O/N=C1/CC2CCC1c1ccccc12. The Hall–Kier alpha value is -1.31. The number of hydrogen-bond acceptors (Lipinski definition) is 2. The molecular weight excluding hydrogens is 174 g/mol. The minimum Gasteiger partial charge on any atom is -0.411 e. The highest BCUT2D eigenvalue weighted by Crippen LogP contribution is 2.47. The smallest absolute Gasteiger partial charge is 0.0651 e. The summed E-state index contributed by atoms with van der Waals surface area (Å²) >= 11 is 0. The fourth-order valence-corrected chi connectivity index (χ4v) is 2.94. The van der Waals surface area contributed by atoms with Crippen LogP contribution in [0.5, 0.6) is 0 Å². The van der Waals surface area contributed by atoms with Crippen LogP contribution < -0.4 is 0 Å². The fourth-order valence-electron chi connectivity index (χ4n) is 2.94. The monoisotopic (exact) mass is 187 g/mol. The lowest BCUT2D eigenvalue weighted by atomic mass is 9.66. The highest BCUT2D eigenvalue weighted by atomic mass is 16.4. The molecule has 0 radical (unpaired) electrons. The summed E-state index contributed by atoms with van der Waals surface area (Å²) in [7, 11) is 0. The summed E-state index contributed by atoms with van der Waals surface area (Å²) in [4.78, 5) is 0. The highest BCUT2D eigenvalue weighted by Gasteiger charge is 2.37.